The molecule has 0 bridgehead atoms. The van der Waals surface area contributed by atoms with Gasteiger partial charge in [-0.1, -0.05) is 12.1 Å². The van der Waals surface area contributed by atoms with Crippen molar-refractivity contribution in [2.45, 2.75) is 24.9 Å². The van der Waals surface area contributed by atoms with Crippen molar-refractivity contribution in [1.29, 1.82) is 0 Å². The van der Waals surface area contributed by atoms with Crippen LogP contribution in [0.5, 0.6) is 5.75 Å². The average molecular weight is 344 g/mol. The van der Waals surface area contributed by atoms with Gasteiger partial charge in [0, 0.05) is 31.5 Å². The molecule has 0 aliphatic carbocycles. The second-order valence-electron chi connectivity index (χ2n) is 5.99. The molecule has 7 heteroatoms. The van der Waals surface area contributed by atoms with Crippen LogP contribution in [0.15, 0.2) is 36.8 Å². The number of carbonyl (C=O) groups is 1. The largest absolute Gasteiger partial charge is 0.494 e. The molecule has 0 radical (unpaired) electrons. The summed E-state index contributed by atoms with van der Waals surface area (Å²) in [6, 6.07) is 5.04. The zero-order valence-corrected chi connectivity index (χ0v) is 14.3. The number of halogens is 1. The number of nitrogens with zero attached hydrogens (tertiary/aromatic N) is 3. The quantitative estimate of drug-likeness (QED) is 0.897. The molecular weight excluding hydrogens is 323 g/mol. The molecule has 3 rings (SSSR count). The van der Waals surface area contributed by atoms with Crippen LogP contribution in [0.25, 0.3) is 0 Å². The van der Waals surface area contributed by atoms with Gasteiger partial charge in [0.2, 0.25) is 5.91 Å². The van der Waals surface area contributed by atoms with Gasteiger partial charge in [-0.25, -0.2) is 4.39 Å². The van der Waals surface area contributed by atoms with Crippen LogP contribution in [0.1, 0.15) is 24.1 Å². The van der Waals surface area contributed by atoms with Crippen LogP contribution in [-0.2, 0) is 16.9 Å². The Kier molecular flexibility index (Phi) is 4.94. The standard InChI is InChI=1S/C18H21FN4O2/c1-20-17(24)18(15-11-21-8-9-22-15)7-4-10-23(18)12-13-5-3-6-14(25-2)16(13)19/h3,5-6,8-9,11H,4,7,10,12H2,1-2H3,(H,20,24)/t18-/m0/s1. The van der Waals surface area contributed by atoms with Gasteiger partial charge in [-0.3, -0.25) is 19.7 Å². The first-order valence-corrected chi connectivity index (χ1v) is 8.18. The summed E-state index contributed by atoms with van der Waals surface area (Å²) in [5.41, 5.74) is 0.118. The zero-order chi connectivity index (χ0) is 17.9. The van der Waals surface area contributed by atoms with Crippen molar-refractivity contribution < 1.29 is 13.9 Å². The Morgan fingerprint density at radius 1 is 1.44 bits per heavy atom. The third kappa shape index (κ3) is 2.95. The SMILES string of the molecule is CNC(=O)[C@@]1(c2cnccn2)CCCN1Cc1cccc(OC)c1F. The van der Waals surface area contributed by atoms with Crippen LogP contribution in [0.4, 0.5) is 4.39 Å². The molecule has 1 aromatic heterocycles. The van der Waals surface area contributed by atoms with E-state index in [1.807, 2.05) is 4.90 Å². The van der Waals surface area contributed by atoms with E-state index in [-0.39, 0.29) is 18.2 Å². The van der Waals surface area contributed by atoms with Crippen LogP contribution < -0.4 is 10.1 Å². The van der Waals surface area contributed by atoms with E-state index in [0.29, 0.717) is 24.2 Å². The number of nitrogens with one attached hydrogen (secondary N) is 1. The molecule has 1 fully saturated rings. The van der Waals surface area contributed by atoms with Crippen LogP contribution in [-0.4, -0.2) is 41.5 Å². The molecule has 2 heterocycles. The normalized spacial score (nSPS) is 20.4. The van der Waals surface area contributed by atoms with E-state index in [2.05, 4.69) is 15.3 Å². The van der Waals surface area contributed by atoms with Gasteiger partial charge in [0.1, 0.15) is 5.54 Å². The van der Waals surface area contributed by atoms with Crippen molar-refractivity contribution in [1.82, 2.24) is 20.2 Å². The first-order chi connectivity index (χ1) is 12.1. The summed E-state index contributed by atoms with van der Waals surface area (Å²) >= 11 is 0. The Bertz CT molecular complexity index is 756. The lowest BCUT2D eigenvalue weighted by Crippen LogP contribution is -2.52. The molecule has 1 atom stereocenters. The van der Waals surface area contributed by atoms with Crippen molar-refractivity contribution in [3.05, 3.63) is 53.9 Å². The fourth-order valence-electron chi connectivity index (χ4n) is 3.51. The number of ether oxygens (including phenoxy) is 1. The Labute approximate surface area is 146 Å². The number of likely N-dealkylation sites (N-methyl/N-ethyl adjacent to an activating group) is 1. The highest BCUT2D eigenvalue weighted by atomic mass is 19.1. The molecule has 0 unspecified atom stereocenters. The second kappa shape index (κ2) is 7.14. The van der Waals surface area contributed by atoms with Crippen LogP contribution in [0.2, 0.25) is 0 Å². The number of hydrogen-bond acceptors (Lipinski definition) is 5. The van der Waals surface area contributed by atoms with E-state index in [1.165, 1.54) is 7.11 Å². The summed E-state index contributed by atoms with van der Waals surface area (Å²) < 4.78 is 19.6. The molecule has 1 saturated heterocycles. The van der Waals surface area contributed by atoms with Gasteiger partial charge in [-0.05, 0) is 25.5 Å². The summed E-state index contributed by atoms with van der Waals surface area (Å²) in [5, 5.41) is 2.73. The summed E-state index contributed by atoms with van der Waals surface area (Å²) in [6.07, 6.45) is 6.17. The summed E-state index contributed by atoms with van der Waals surface area (Å²) in [7, 11) is 3.04. The Balaban J connectivity index is 2.01. The second-order valence-corrected chi connectivity index (χ2v) is 5.99. The monoisotopic (exact) mass is 344 g/mol. The van der Waals surface area contributed by atoms with Crippen molar-refractivity contribution in [2.75, 3.05) is 20.7 Å². The smallest absolute Gasteiger partial charge is 0.246 e. The molecule has 2 aromatic rings. The van der Waals surface area contributed by atoms with Crippen molar-refractivity contribution in [3.63, 3.8) is 0 Å². The summed E-state index contributed by atoms with van der Waals surface area (Å²) in [5.74, 6) is -0.364. The van der Waals surface area contributed by atoms with Gasteiger partial charge in [0.05, 0.1) is 19.0 Å². The highest BCUT2D eigenvalue weighted by Crippen LogP contribution is 2.39. The number of rotatable bonds is 5. The molecule has 1 N–H and O–H groups in total. The molecule has 0 saturated carbocycles. The lowest BCUT2D eigenvalue weighted by molar-refractivity contribution is -0.132. The minimum absolute atomic E-state index is 0.159. The fourth-order valence-corrected chi connectivity index (χ4v) is 3.51. The molecule has 1 amide bonds. The van der Waals surface area contributed by atoms with Crippen LogP contribution in [0, 0.1) is 5.82 Å². The third-order valence-corrected chi connectivity index (χ3v) is 4.72. The van der Waals surface area contributed by atoms with Crippen LogP contribution in [0.3, 0.4) is 0 Å². The Hall–Kier alpha value is -2.54. The van der Waals surface area contributed by atoms with Gasteiger partial charge >= 0.3 is 0 Å². The molecule has 132 valence electrons. The number of aromatic nitrogens is 2. The fraction of sp³-hybridized carbons (Fsp3) is 0.389. The lowest BCUT2D eigenvalue weighted by atomic mass is 9.90. The molecule has 25 heavy (non-hydrogen) atoms. The maximum absolute atomic E-state index is 14.6. The number of hydrogen-bond donors (Lipinski definition) is 1. The molecular formula is C18H21FN4O2. The van der Waals surface area contributed by atoms with E-state index >= 15 is 0 Å². The topological polar surface area (TPSA) is 67.4 Å². The molecule has 6 nitrogen and oxygen atoms in total. The highest BCUT2D eigenvalue weighted by molar-refractivity contribution is 5.87. The van der Waals surface area contributed by atoms with E-state index in [9.17, 15) is 9.18 Å². The highest BCUT2D eigenvalue weighted by Gasteiger charge is 2.49. The van der Waals surface area contributed by atoms with E-state index in [4.69, 9.17) is 4.74 Å². The zero-order valence-electron chi connectivity index (χ0n) is 14.3. The van der Waals surface area contributed by atoms with Gasteiger partial charge in [-0.2, -0.15) is 0 Å². The number of amides is 1. The molecule has 1 aliphatic heterocycles. The maximum Gasteiger partial charge on any atom is 0.246 e. The molecule has 0 spiro atoms. The Morgan fingerprint density at radius 3 is 2.96 bits per heavy atom. The first kappa shape index (κ1) is 17.3. The van der Waals surface area contributed by atoms with Gasteiger partial charge in [-0.15, -0.1) is 0 Å². The van der Waals surface area contributed by atoms with Crippen molar-refractivity contribution in [3.8, 4) is 5.75 Å². The summed E-state index contributed by atoms with van der Waals surface area (Å²) in [4.78, 5) is 23.3. The van der Waals surface area contributed by atoms with Gasteiger partial charge < -0.3 is 10.1 Å². The Morgan fingerprint density at radius 2 is 2.28 bits per heavy atom. The lowest BCUT2D eigenvalue weighted by Gasteiger charge is -2.36. The number of likely N-dealkylation sites (tertiary alicyclic amines) is 1. The summed E-state index contributed by atoms with van der Waals surface area (Å²) in [6.45, 7) is 0.952. The predicted molar refractivity (Wildman–Crippen MR) is 90.4 cm³/mol. The first-order valence-electron chi connectivity index (χ1n) is 8.18. The molecule has 1 aliphatic rings. The van der Waals surface area contributed by atoms with Crippen molar-refractivity contribution in [2.24, 2.45) is 0 Å². The van der Waals surface area contributed by atoms with Gasteiger partial charge in [0.15, 0.2) is 11.6 Å². The van der Waals surface area contributed by atoms with Gasteiger partial charge in [0.25, 0.3) is 0 Å². The minimum atomic E-state index is -0.946. The third-order valence-electron chi connectivity index (χ3n) is 4.72. The van der Waals surface area contributed by atoms with Crippen LogP contribution >= 0.6 is 0 Å². The average Bonchev–Trinajstić information content (AvgIpc) is 3.08. The number of methoxy groups -OCH3 is 1. The number of benzene rings is 1. The van der Waals surface area contributed by atoms with Crippen molar-refractivity contribution >= 4 is 5.91 Å². The van der Waals surface area contributed by atoms with E-state index < -0.39 is 11.4 Å². The maximum atomic E-state index is 14.6. The van der Waals surface area contributed by atoms with E-state index in [1.54, 1.807) is 43.8 Å². The molecule has 1 aromatic carbocycles. The predicted octanol–water partition coefficient (Wildman–Crippen LogP) is 1.86. The minimum Gasteiger partial charge on any atom is -0.494 e. The van der Waals surface area contributed by atoms with E-state index in [0.717, 1.165) is 6.42 Å². The number of carbonyl (C=O) groups excluding carboxylic acids is 1.